The zero-order valence-corrected chi connectivity index (χ0v) is 21.9. The van der Waals surface area contributed by atoms with Gasteiger partial charge in [0, 0.05) is 25.2 Å². The highest BCUT2D eigenvalue weighted by Gasteiger charge is 2.30. The minimum Gasteiger partial charge on any atom is -0.481 e. The van der Waals surface area contributed by atoms with Crippen molar-refractivity contribution >= 4 is 5.91 Å². The van der Waals surface area contributed by atoms with E-state index >= 15 is 0 Å². The molecule has 4 aromatic carbocycles. The average molecular weight is 509 g/mol. The molecule has 0 radical (unpaired) electrons. The molecule has 1 amide bonds. The van der Waals surface area contributed by atoms with Gasteiger partial charge in [-0.1, -0.05) is 84.4 Å². The molecule has 0 saturated carbocycles. The highest BCUT2D eigenvalue weighted by Crippen LogP contribution is 2.38. The zero-order chi connectivity index (χ0) is 26.5. The van der Waals surface area contributed by atoms with Crippen LogP contribution in [0.3, 0.4) is 0 Å². The van der Waals surface area contributed by atoms with Crippen LogP contribution >= 0.6 is 0 Å². The fraction of sp³-hybridized carbons (Fsp3) is 0.242. The van der Waals surface area contributed by atoms with Crippen LogP contribution in [-0.4, -0.2) is 23.5 Å². The number of carbonyl (C=O) groups is 1. The molecule has 1 heterocycles. The molecule has 1 aliphatic rings. The van der Waals surface area contributed by atoms with Crippen LogP contribution in [0.4, 0.5) is 4.39 Å². The van der Waals surface area contributed by atoms with Gasteiger partial charge < -0.3 is 10.1 Å². The quantitative estimate of drug-likeness (QED) is 0.301. The van der Waals surface area contributed by atoms with E-state index in [9.17, 15) is 9.18 Å². The van der Waals surface area contributed by atoms with Gasteiger partial charge in [-0.25, -0.2) is 4.39 Å². The molecule has 0 fully saturated rings. The Balaban J connectivity index is 1.36. The average Bonchev–Trinajstić information content (AvgIpc) is 2.93. The lowest BCUT2D eigenvalue weighted by Gasteiger charge is -2.38. The smallest absolute Gasteiger partial charge is 0.261 e. The number of nitrogens with one attached hydrogen (secondary N) is 1. The molecule has 0 aliphatic carbocycles. The van der Waals surface area contributed by atoms with Crippen molar-refractivity contribution in [2.24, 2.45) is 0 Å². The molecule has 5 rings (SSSR count). The number of halogens is 1. The fourth-order valence-electron chi connectivity index (χ4n) is 5.17. The van der Waals surface area contributed by atoms with Gasteiger partial charge in [0.1, 0.15) is 11.6 Å². The first-order valence-electron chi connectivity index (χ1n) is 13.1. The summed E-state index contributed by atoms with van der Waals surface area (Å²) in [6.07, 6.45) is 0.214. The Morgan fingerprint density at radius 3 is 2.58 bits per heavy atom. The van der Waals surface area contributed by atoms with Gasteiger partial charge >= 0.3 is 0 Å². The number of rotatable bonds is 8. The van der Waals surface area contributed by atoms with Gasteiger partial charge in [0.2, 0.25) is 0 Å². The molecule has 38 heavy (non-hydrogen) atoms. The third-order valence-corrected chi connectivity index (χ3v) is 7.12. The molecule has 1 aliphatic heterocycles. The van der Waals surface area contributed by atoms with Crippen molar-refractivity contribution < 1.29 is 13.9 Å². The number of hydrogen-bond acceptors (Lipinski definition) is 3. The predicted molar refractivity (Wildman–Crippen MR) is 148 cm³/mol. The van der Waals surface area contributed by atoms with Crippen LogP contribution < -0.4 is 10.1 Å². The van der Waals surface area contributed by atoms with Crippen LogP contribution in [0.25, 0.3) is 0 Å². The number of aryl methyl sites for hydroxylation is 1. The van der Waals surface area contributed by atoms with Crippen molar-refractivity contribution in [1.29, 1.82) is 0 Å². The summed E-state index contributed by atoms with van der Waals surface area (Å²) in [6, 6.07) is 31.4. The molecule has 4 aromatic rings. The molecule has 194 valence electrons. The third kappa shape index (κ3) is 5.95. The van der Waals surface area contributed by atoms with E-state index in [4.69, 9.17) is 4.74 Å². The predicted octanol–water partition coefficient (Wildman–Crippen LogP) is 6.37. The van der Waals surface area contributed by atoms with Gasteiger partial charge in [0.15, 0.2) is 6.10 Å². The Kier molecular flexibility index (Phi) is 7.85. The second-order valence-corrected chi connectivity index (χ2v) is 9.95. The Bertz CT molecular complexity index is 1410. The maximum absolute atomic E-state index is 14.6. The van der Waals surface area contributed by atoms with Crippen LogP contribution in [-0.2, 0) is 24.3 Å². The highest BCUT2D eigenvalue weighted by atomic mass is 19.1. The second-order valence-electron chi connectivity index (χ2n) is 9.95. The Morgan fingerprint density at radius 2 is 1.79 bits per heavy atom. The van der Waals surface area contributed by atoms with Crippen molar-refractivity contribution in [3.63, 3.8) is 0 Å². The Labute approximate surface area is 224 Å². The summed E-state index contributed by atoms with van der Waals surface area (Å²) in [5.41, 5.74) is 6.41. The fourth-order valence-corrected chi connectivity index (χ4v) is 5.17. The highest BCUT2D eigenvalue weighted by molar-refractivity contribution is 5.80. The monoisotopic (exact) mass is 508 g/mol. The van der Waals surface area contributed by atoms with Gasteiger partial charge in [-0.15, -0.1) is 0 Å². The van der Waals surface area contributed by atoms with Crippen molar-refractivity contribution in [1.82, 2.24) is 10.2 Å². The number of ether oxygens (including phenoxy) is 1. The summed E-state index contributed by atoms with van der Waals surface area (Å²) in [5, 5.41) is 2.98. The van der Waals surface area contributed by atoms with E-state index in [1.807, 2.05) is 67.6 Å². The Hall–Kier alpha value is -3.96. The number of amides is 1. The lowest BCUT2D eigenvalue weighted by Crippen LogP contribution is -2.37. The van der Waals surface area contributed by atoms with Crippen molar-refractivity contribution in [2.45, 2.75) is 45.5 Å². The number of benzene rings is 4. The maximum Gasteiger partial charge on any atom is 0.261 e. The summed E-state index contributed by atoms with van der Waals surface area (Å²) >= 11 is 0. The molecule has 4 nitrogen and oxygen atoms in total. The summed E-state index contributed by atoms with van der Waals surface area (Å²) in [6.45, 7) is 5.59. The molecule has 2 atom stereocenters. The van der Waals surface area contributed by atoms with E-state index in [-0.39, 0.29) is 17.8 Å². The third-order valence-electron chi connectivity index (χ3n) is 7.12. The molecule has 5 heteroatoms. The lowest BCUT2D eigenvalue weighted by molar-refractivity contribution is -0.127. The van der Waals surface area contributed by atoms with Crippen LogP contribution in [0, 0.1) is 12.7 Å². The van der Waals surface area contributed by atoms with Gasteiger partial charge in [-0.2, -0.15) is 0 Å². The van der Waals surface area contributed by atoms with Crippen LogP contribution in [0.5, 0.6) is 5.75 Å². The molecule has 0 aromatic heterocycles. The summed E-state index contributed by atoms with van der Waals surface area (Å²) in [7, 11) is 0. The topological polar surface area (TPSA) is 41.6 Å². The van der Waals surface area contributed by atoms with Crippen LogP contribution in [0.1, 0.15) is 46.3 Å². The SMILES string of the molecule is Cc1cccc(CNC(=O)[C@H](C)Oc2ccc3c(c2)[C@H](c2ccccc2)N(Cc2ccccc2F)CC3)c1. The van der Waals surface area contributed by atoms with Gasteiger partial charge in [-0.05, 0) is 60.7 Å². The molecule has 1 N–H and O–H groups in total. The first-order valence-corrected chi connectivity index (χ1v) is 13.1. The number of nitrogens with zero attached hydrogens (tertiary/aromatic N) is 1. The first kappa shape index (κ1) is 25.7. The summed E-state index contributed by atoms with van der Waals surface area (Å²) < 4.78 is 20.7. The second kappa shape index (κ2) is 11.6. The number of fused-ring (bicyclic) bond motifs is 1. The first-order chi connectivity index (χ1) is 18.5. The van der Waals surface area contributed by atoms with Crippen molar-refractivity contribution in [3.05, 3.63) is 136 Å². The largest absolute Gasteiger partial charge is 0.481 e. The van der Waals surface area contributed by atoms with Gasteiger partial charge in [0.25, 0.3) is 5.91 Å². The summed E-state index contributed by atoms with van der Waals surface area (Å²) in [4.78, 5) is 15.1. The minimum absolute atomic E-state index is 0.0476. The molecule has 0 spiro atoms. The van der Waals surface area contributed by atoms with Crippen molar-refractivity contribution in [3.8, 4) is 5.75 Å². The maximum atomic E-state index is 14.6. The standard InChI is InChI=1S/C33H33FN2O2/c1-23-9-8-10-25(19-23)21-35-33(37)24(2)38-29-16-15-26-17-18-36(22-28-13-6-7-14-31(28)34)32(30(26)20-29)27-11-4-3-5-12-27/h3-16,19-20,24,32H,17-18,21-22H2,1-2H3,(H,35,37)/t24-,32-/m0/s1. The van der Waals surface area contributed by atoms with Crippen LogP contribution in [0.2, 0.25) is 0 Å². The van der Waals surface area contributed by atoms with E-state index in [0.717, 1.165) is 35.2 Å². The van der Waals surface area contributed by atoms with E-state index in [0.29, 0.717) is 24.4 Å². The molecule has 0 bridgehead atoms. The van der Waals surface area contributed by atoms with Crippen molar-refractivity contribution in [2.75, 3.05) is 6.54 Å². The molecular weight excluding hydrogens is 475 g/mol. The van der Waals surface area contributed by atoms with E-state index in [2.05, 4.69) is 34.5 Å². The number of hydrogen-bond donors (Lipinski definition) is 1. The normalized spacial score (nSPS) is 15.9. The molecule has 0 unspecified atom stereocenters. The molecular formula is C33H33FN2O2. The van der Waals surface area contributed by atoms with Gasteiger partial charge in [0.05, 0.1) is 6.04 Å². The number of carbonyl (C=O) groups excluding carboxylic acids is 1. The van der Waals surface area contributed by atoms with Gasteiger partial charge in [-0.3, -0.25) is 9.69 Å². The van der Waals surface area contributed by atoms with E-state index in [1.54, 1.807) is 13.0 Å². The summed E-state index contributed by atoms with van der Waals surface area (Å²) in [5.74, 6) is 0.299. The van der Waals surface area contributed by atoms with Crippen LogP contribution in [0.15, 0.2) is 97.1 Å². The van der Waals surface area contributed by atoms with E-state index < -0.39 is 6.10 Å². The van der Waals surface area contributed by atoms with E-state index in [1.165, 1.54) is 11.6 Å². The Morgan fingerprint density at radius 1 is 1.00 bits per heavy atom. The lowest BCUT2D eigenvalue weighted by atomic mass is 9.87. The minimum atomic E-state index is -0.647. The molecule has 0 saturated heterocycles. The zero-order valence-electron chi connectivity index (χ0n) is 21.9.